The molecule has 100 valence electrons. The van der Waals surface area contributed by atoms with Crippen molar-refractivity contribution in [2.24, 2.45) is 5.84 Å². The predicted molar refractivity (Wildman–Crippen MR) is 65.8 cm³/mol. The number of hydrogen-bond donors (Lipinski definition) is 2. The average Bonchev–Trinajstić information content (AvgIpc) is 2.73. The third-order valence-electron chi connectivity index (χ3n) is 3.25. The van der Waals surface area contributed by atoms with E-state index in [1.807, 2.05) is 6.92 Å². The Labute approximate surface area is 106 Å². The highest BCUT2D eigenvalue weighted by molar-refractivity contribution is 5.91. The molecule has 2 rings (SSSR count). The number of nitrogens with two attached hydrogens (primary N) is 1. The summed E-state index contributed by atoms with van der Waals surface area (Å²) < 4.78 is 10.8. The molecule has 3 N–H and O–H groups in total. The molecule has 1 fully saturated rings. The summed E-state index contributed by atoms with van der Waals surface area (Å²) in [4.78, 5) is 13.7. The zero-order valence-corrected chi connectivity index (χ0v) is 10.7. The standard InChI is InChI=1S/C12H19N3O3/c1-8-7-17-4-3-15(8)6-10-5-11(12(16)14-13)18-9(10)2/h5,8H,3-4,6-7,13H2,1-2H3,(H,14,16). The van der Waals surface area contributed by atoms with Gasteiger partial charge >= 0.3 is 5.91 Å². The first kappa shape index (κ1) is 13.1. The zero-order chi connectivity index (χ0) is 13.1. The van der Waals surface area contributed by atoms with Gasteiger partial charge in [-0.3, -0.25) is 15.1 Å². The Balaban J connectivity index is 2.09. The average molecular weight is 253 g/mol. The first-order chi connectivity index (χ1) is 8.61. The molecule has 0 radical (unpaired) electrons. The Hall–Kier alpha value is -1.37. The molecule has 0 aromatic carbocycles. The van der Waals surface area contributed by atoms with Crippen LogP contribution in [0, 0.1) is 6.92 Å². The Kier molecular flexibility index (Phi) is 4.00. The number of carbonyl (C=O) groups excluding carboxylic acids is 1. The molecule has 1 aliphatic rings. The number of hydrogen-bond acceptors (Lipinski definition) is 5. The van der Waals surface area contributed by atoms with Crippen LogP contribution in [0.2, 0.25) is 0 Å². The van der Waals surface area contributed by atoms with Gasteiger partial charge in [0.2, 0.25) is 0 Å². The molecule has 0 bridgehead atoms. The molecule has 18 heavy (non-hydrogen) atoms. The van der Waals surface area contributed by atoms with Gasteiger partial charge in [-0.2, -0.15) is 0 Å². The lowest BCUT2D eigenvalue weighted by Crippen LogP contribution is -2.42. The minimum atomic E-state index is -0.403. The highest BCUT2D eigenvalue weighted by Gasteiger charge is 2.21. The summed E-state index contributed by atoms with van der Waals surface area (Å²) in [5.41, 5.74) is 3.08. The van der Waals surface area contributed by atoms with Gasteiger partial charge in [0.25, 0.3) is 0 Å². The van der Waals surface area contributed by atoms with Crippen LogP contribution in [0.4, 0.5) is 0 Å². The number of nitrogens with zero attached hydrogens (tertiary/aromatic N) is 1. The molecule has 1 aromatic heterocycles. The number of amides is 1. The summed E-state index contributed by atoms with van der Waals surface area (Å²) in [6.07, 6.45) is 0. The van der Waals surface area contributed by atoms with Crippen molar-refractivity contribution in [1.82, 2.24) is 10.3 Å². The Morgan fingerprint density at radius 3 is 3.11 bits per heavy atom. The first-order valence-corrected chi connectivity index (χ1v) is 6.04. The van der Waals surface area contributed by atoms with Crippen LogP contribution in [0.3, 0.4) is 0 Å². The van der Waals surface area contributed by atoms with E-state index in [9.17, 15) is 4.79 Å². The lowest BCUT2D eigenvalue weighted by atomic mass is 10.2. The minimum absolute atomic E-state index is 0.255. The minimum Gasteiger partial charge on any atom is -0.456 e. The molecular formula is C12H19N3O3. The summed E-state index contributed by atoms with van der Waals surface area (Å²) in [5.74, 6) is 5.69. The fourth-order valence-corrected chi connectivity index (χ4v) is 2.08. The number of ether oxygens (including phenoxy) is 1. The van der Waals surface area contributed by atoms with Crippen molar-refractivity contribution in [1.29, 1.82) is 0 Å². The van der Waals surface area contributed by atoms with Gasteiger partial charge in [-0.1, -0.05) is 0 Å². The van der Waals surface area contributed by atoms with E-state index in [-0.39, 0.29) is 5.76 Å². The molecule has 6 heteroatoms. The normalized spacial score (nSPS) is 20.9. The number of hydrazine groups is 1. The maximum Gasteiger partial charge on any atom is 0.300 e. The molecule has 1 aromatic rings. The van der Waals surface area contributed by atoms with Gasteiger partial charge in [-0.05, 0) is 19.9 Å². The summed E-state index contributed by atoms with van der Waals surface area (Å²) in [6, 6.07) is 2.12. The van der Waals surface area contributed by atoms with Crippen LogP contribution in [0.5, 0.6) is 0 Å². The van der Waals surface area contributed by atoms with E-state index in [0.717, 1.165) is 37.6 Å². The van der Waals surface area contributed by atoms with Gasteiger partial charge in [0.1, 0.15) is 5.76 Å². The van der Waals surface area contributed by atoms with E-state index in [1.165, 1.54) is 0 Å². The largest absolute Gasteiger partial charge is 0.456 e. The topological polar surface area (TPSA) is 80.7 Å². The van der Waals surface area contributed by atoms with E-state index < -0.39 is 5.91 Å². The van der Waals surface area contributed by atoms with Gasteiger partial charge in [-0.15, -0.1) is 0 Å². The van der Waals surface area contributed by atoms with Gasteiger partial charge in [0, 0.05) is 24.7 Å². The summed E-state index contributed by atoms with van der Waals surface area (Å²) >= 11 is 0. The zero-order valence-electron chi connectivity index (χ0n) is 10.7. The lowest BCUT2D eigenvalue weighted by Gasteiger charge is -2.32. The number of rotatable bonds is 3. The van der Waals surface area contributed by atoms with Crippen LogP contribution in [0.15, 0.2) is 10.5 Å². The fraction of sp³-hybridized carbons (Fsp3) is 0.583. The molecule has 1 amide bonds. The van der Waals surface area contributed by atoms with Crippen LogP contribution >= 0.6 is 0 Å². The number of nitrogens with one attached hydrogen (secondary N) is 1. The summed E-state index contributed by atoms with van der Waals surface area (Å²) in [7, 11) is 0. The Morgan fingerprint density at radius 1 is 1.67 bits per heavy atom. The maximum atomic E-state index is 11.4. The highest BCUT2D eigenvalue weighted by atomic mass is 16.5. The van der Waals surface area contributed by atoms with E-state index >= 15 is 0 Å². The van der Waals surface area contributed by atoms with E-state index in [4.69, 9.17) is 15.0 Å². The number of aryl methyl sites for hydroxylation is 1. The number of furan rings is 1. The van der Waals surface area contributed by atoms with E-state index in [0.29, 0.717) is 6.04 Å². The smallest absolute Gasteiger partial charge is 0.300 e. The molecule has 0 spiro atoms. The molecule has 1 saturated heterocycles. The van der Waals surface area contributed by atoms with Crippen molar-refractivity contribution in [3.05, 3.63) is 23.2 Å². The van der Waals surface area contributed by atoms with Crippen molar-refractivity contribution in [2.75, 3.05) is 19.8 Å². The molecule has 1 aliphatic heterocycles. The molecule has 1 atom stereocenters. The van der Waals surface area contributed by atoms with Gasteiger partial charge in [-0.25, -0.2) is 5.84 Å². The number of carbonyl (C=O) groups is 1. The fourth-order valence-electron chi connectivity index (χ4n) is 2.08. The van der Waals surface area contributed by atoms with E-state index in [1.54, 1.807) is 6.07 Å². The van der Waals surface area contributed by atoms with E-state index in [2.05, 4.69) is 17.2 Å². The number of nitrogen functional groups attached to an aromatic ring is 1. The second-order valence-electron chi connectivity index (χ2n) is 4.56. The van der Waals surface area contributed by atoms with Crippen LogP contribution < -0.4 is 11.3 Å². The molecule has 0 saturated carbocycles. The van der Waals surface area contributed by atoms with Gasteiger partial charge < -0.3 is 9.15 Å². The number of morpholine rings is 1. The monoisotopic (exact) mass is 253 g/mol. The molecular weight excluding hydrogens is 234 g/mol. The molecule has 1 unspecified atom stereocenters. The van der Waals surface area contributed by atoms with Crippen molar-refractivity contribution in [2.45, 2.75) is 26.4 Å². The lowest BCUT2D eigenvalue weighted by molar-refractivity contribution is -0.00454. The molecule has 2 heterocycles. The van der Waals surface area contributed by atoms with Crippen molar-refractivity contribution in [3.8, 4) is 0 Å². The SMILES string of the molecule is Cc1oc(C(=O)NN)cc1CN1CCOCC1C. The summed E-state index contributed by atoms with van der Waals surface area (Å²) in [5, 5.41) is 0. The van der Waals surface area contributed by atoms with Crippen molar-refractivity contribution < 1.29 is 13.9 Å². The summed E-state index contributed by atoms with van der Waals surface area (Å²) in [6.45, 7) is 7.13. The van der Waals surface area contributed by atoms with Crippen LogP contribution in [0.25, 0.3) is 0 Å². The van der Waals surface area contributed by atoms with Crippen molar-refractivity contribution >= 4 is 5.91 Å². The Morgan fingerprint density at radius 2 is 2.44 bits per heavy atom. The van der Waals surface area contributed by atoms with Gasteiger partial charge in [0.05, 0.1) is 13.2 Å². The predicted octanol–water partition coefficient (Wildman–Crippen LogP) is 0.412. The maximum absolute atomic E-state index is 11.4. The highest BCUT2D eigenvalue weighted by Crippen LogP contribution is 2.19. The molecule has 0 aliphatic carbocycles. The van der Waals surface area contributed by atoms with Crippen LogP contribution in [-0.4, -0.2) is 36.6 Å². The second-order valence-corrected chi connectivity index (χ2v) is 4.56. The third kappa shape index (κ3) is 2.72. The van der Waals surface area contributed by atoms with Crippen LogP contribution in [0.1, 0.15) is 28.8 Å². The second kappa shape index (κ2) is 5.51. The van der Waals surface area contributed by atoms with Gasteiger partial charge in [0.15, 0.2) is 5.76 Å². The molecule has 6 nitrogen and oxygen atoms in total. The van der Waals surface area contributed by atoms with Crippen LogP contribution in [-0.2, 0) is 11.3 Å². The Bertz CT molecular complexity index is 430. The third-order valence-corrected chi connectivity index (χ3v) is 3.25. The quantitative estimate of drug-likeness (QED) is 0.463. The first-order valence-electron chi connectivity index (χ1n) is 6.04. The van der Waals surface area contributed by atoms with Crippen molar-refractivity contribution in [3.63, 3.8) is 0 Å².